The van der Waals surface area contributed by atoms with Crippen LogP contribution >= 0.6 is 0 Å². The Morgan fingerprint density at radius 3 is 2.78 bits per heavy atom. The van der Waals surface area contributed by atoms with Crippen LogP contribution in [-0.4, -0.2) is 25.0 Å². The minimum Gasteiger partial charge on any atom is -0.497 e. The van der Waals surface area contributed by atoms with Gasteiger partial charge in [-0.1, -0.05) is 0 Å². The molecule has 0 aliphatic rings. The number of carbonyl (C=O) groups is 1. The van der Waals surface area contributed by atoms with Gasteiger partial charge in [0.15, 0.2) is 0 Å². The van der Waals surface area contributed by atoms with Crippen molar-refractivity contribution in [1.82, 2.24) is 4.90 Å². The predicted octanol–water partition coefficient (Wildman–Crippen LogP) is 2.67. The van der Waals surface area contributed by atoms with Crippen molar-refractivity contribution in [2.45, 2.75) is 6.54 Å². The van der Waals surface area contributed by atoms with Crippen LogP contribution in [-0.2, 0) is 6.54 Å². The van der Waals surface area contributed by atoms with Crippen molar-refractivity contribution < 1.29 is 18.4 Å². The third-order valence-electron chi connectivity index (χ3n) is 3.50. The number of hydrogen-bond donors (Lipinski definition) is 0. The van der Waals surface area contributed by atoms with Gasteiger partial charge in [-0.2, -0.15) is 0 Å². The van der Waals surface area contributed by atoms with Crippen molar-refractivity contribution in [1.29, 1.82) is 0 Å². The lowest BCUT2D eigenvalue weighted by Gasteiger charge is -2.16. The topological polar surface area (TPSA) is 72.9 Å². The van der Waals surface area contributed by atoms with E-state index in [9.17, 15) is 9.59 Å². The maximum Gasteiger partial charge on any atom is 0.337 e. The van der Waals surface area contributed by atoms with E-state index < -0.39 is 5.63 Å². The summed E-state index contributed by atoms with van der Waals surface area (Å²) in [6, 6.07) is 9.74. The predicted molar refractivity (Wildman–Crippen MR) is 83.5 cm³/mol. The molecule has 0 atom stereocenters. The monoisotopic (exact) mass is 313 g/mol. The Hall–Kier alpha value is -3.02. The number of amides is 1. The molecule has 0 bridgehead atoms. The van der Waals surface area contributed by atoms with Gasteiger partial charge in [-0.15, -0.1) is 0 Å². The van der Waals surface area contributed by atoms with Gasteiger partial charge >= 0.3 is 5.63 Å². The lowest BCUT2D eigenvalue weighted by Crippen LogP contribution is -2.27. The van der Waals surface area contributed by atoms with Crippen molar-refractivity contribution in [2.24, 2.45) is 0 Å². The van der Waals surface area contributed by atoms with Gasteiger partial charge in [0.25, 0.3) is 5.91 Å². The van der Waals surface area contributed by atoms with Crippen molar-refractivity contribution in [2.75, 3.05) is 14.2 Å². The molecule has 23 heavy (non-hydrogen) atoms. The van der Waals surface area contributed by atoms with E-state index in [1.165, 1.54) is 18.1 Å². The van der Waals surface area contributed by atoms with Crippen molar-refractivity contribution in [3.05, 3.63) is 64.4 Å². The van der Waals surface area contributed by atoms with Crippen molar-refractivity contribution in [3.8, 4) is 5.75 Å². The minimum atomic E-state index is -0.583. The zero-order chi connectivity index (χ0) is 16.4. The molecule has 2 aromatic heterocycles. The van der Waals surface area contributed by atoms with Gasteiger partial charge in [-0.25, -0.2) is 4.79 Å². The first-order valence-electron chi connectivity index (χ1n) is 6.98. The van der Waals surface area contributed by atoms with E-state index in [-0.39, 0.29) is 11.5 Å². The van der Waals surface area contributed by atoms with Crippen LogP contribution in [0.25, 0.3) is 11.0 Å². The summed E-state index contributed by atoms with van der Waals surface area (Å²) >= 11 is 0. The van der Waals surface area contributed by atoms with Crippen LogP contribution in [0.1, 0.15) is 16.1 Å². The van der Waals surface area contributed by atoms with Crippen LogP contribution in [0.4, 0.5) is 0 Å². The number of methoxy groups -OCH3 is 1. The summed E-state index contributed by atoms with van der Waals surface area (Å²) < 4.78 is 15.5. The molecule has 0 aliphatic carbocycles. The molecule has 0 N–H and O–H groups in total. The normalized spacial score (nSPS) is 10.7. The SMILES string of the molecule is COc1ccc2c(C(=O)N(C)Cc3ccco3)cc(=O)oc2c1. The molecule has 3 aromatic rings. The molecule has 0 saturated heterocycles. The Morgan fingerprint density at radius 2 is 2.09 bits per heavy atom. The van der Waals surface area contributed by atoms with E-state index in [0.29, 0.717) is 29.0 Å². The maximum absolute atomic E-state index is 12.7. The molecule has 0 radical (unpaired) electrons. The Balaban J connectivity index is 2.01. The third-order valence-corrected chi connectivity index (χ3v) is 3.50. The maximum atomic E-state index is 12.7. The summed E-state index contributed by atoms with van der Waals surface area (Å²) in [5.74, 6) is 0.924. The number of ether oxygens (including phenoxy) is 1. The van der Waals surface area contributed by atoms with E-state index in [1.54, 1.807) is 43.6 Å². The zero-order valence-electron chi connectivity index (χ0n) is 12.7. The smallest absolute Gasteiger partial charge is 0.337 e. The van der Waals surface area contributed by atoms with Crippen LogP contribution in [0.2, 0.25) is 0 Å². The first kappa shape index (κ1) is 14.9. The zero-order valence-corrected chi connectivity index (χ0v) is 12.7. The summed E-state index contributed by atoms with van der Waals surface area (Å²) in [7, 11) is 3.17. The van der Waals surface area contributed by atoms with Crippen molar-refractivity contribution >= 4 is 16.9 Å². The molecule has 0 aliphatic heterocycles. The van der Waals surface area contributed by atoms with Gasteiger partial charge in [0, 0.05) is 24.6 Å². The molecule has 2 heterocycles. The molecular weight excluding hydrogens is 298 g/mol. The molecule has 1 amide bonds. The Morgan fingerprint density at radius 1 is 1.26 bits per heavy atom. The summed E-state index contributed by atoms with van der Waals surface area (Å²) in [4.78, 5) is 25.9. The molecule has 0 fully saturated rings. The molecule has 6 nitrogen and oxygen atoms in total. The average Bonchev–Trinajstić information content (AvgIpc) is 3.05. The third kappa shape index (κ3) is 2.96. The van der Waals surface area contributed by atoms with E-state index in [2.05, 4.69) is 0 Å². The Kier molecular flexibility index (Phi) is 3.89. The summed E-state index contributed by atoms with van der Waals surface area (Å²) in [6.45, 7) is 0.309. The highest BCUT2D eigenvalue weighted by Gasteiger charge is 2.18. The molecule has 1 aromatic carbocycles. The highest BCUT2D eigenvalue weighted by atomic mass is 16.5. The number of carbonyl (C=O) groups excluding carboxylic acids is 1. The van der Waals surface area contributed by atoms with Gasteiger partial charge in [0.2, 0.25) is 0 Å². The Labute approximate surface area is 131 Å². The van der Waals surface area contributed by atoms with Crippen LogP contribution in [0.5, 0.6) is 5.75 Å². The molecular formula is C17H15NO5. The fourth-order valence-electron chi connectivity index (χ4n) is 2.36. The number of rotatable bonds is 4. The molecule has 3 rings (SSSR count). The van der Waals surface area contributed by atoms with E-state index in [0.717, 1.165) is 0 Å². The fraction of sp³-hybridized carbons (Fsp3) is 0.176. The molecule has 0 saturated carbocycles. The molecule has 6 heteroatoms. The number of fused-ring (bicyclic) bond motifs is 1. The molecule has 118 valence electrons. The number of benzene rings is 1. The van der Waals surface area contributed by atoms with E-state index in [4.69, 9.17) is 13.6 Å². The summed E-state index contributed by atoms with van der Waals surface area (Å²) in [6.07, 6.45) is 1.55. The lowest BCUT2D eigenvalue weighted by atomic mass is 10.1. The second-order valence-electron chi connectivity index (χ2n) is 5.08. The Bertz CT molecular complexity index is 895. The standard InChI is InChI=1S/C17H15NO5/c1-18(10-12-4-3-7-22-12)17(20)14-9-16(19)23-15-8-11(21-2)5-6-13(14)15/h3-9H,10H2,1-2H3. The molecule has 0 unspecified atom stereocenters. The van der Waals surface area contributed by atoms with Crippen LogP contribution < -0.4 is 10.4 Å². The highest BCUT2D eigenvalue weighted by Crippen LogP contribution is 2.23. The first-order valence-corrected chi connectivity index (χ1v) is 6.98. The number of furan rings is 1. The van der Waals surface area contributed by atoms with Crippen molar-refractivity contribution in [3.63, 3.8) is 0 Å². The second-order valence-corrected chi connectivity index (χ2v) is 5.08. The van der Waals surface area contributed by atoms with Gasteiger partial charge in [0.1, 0.15) is 17.1 Å². The first-order chi connectivity index (χ1) is 11.1. The van der Waals surface area contributed by atoms with Crippen LogP contribution in [0, 0.1) is 0 Å². The lowest BCUT2D eigenvalue weighted by molar-refractivity contribution is 0.0776. The minimum absolute atomic E-state index is 0.285. The highest BCUT2D eigenvalue weighted by molar-refractivity contribution is 6.05. The van der Waals surface area contributed by atoms with Crippen LogP contribution in [0.3, 0.4) is 0 Å². The van der Waals surface area contributed by atoms with Gasteiger partial charge in [0.05, 0.1) is 25.5 Å². The van der Waals surface area contributed by atoms with Gasteiger partial charge < -0.3 is 18.5 Å². The summed E-state index contributed by atoms with van der Waals surface area (Å²) in [5.41, 5.74) is 0.0139. The van der Waals surface area contributed by atoms with E-state index >= 15 is 0 Å². The largest absolute Gasteiger partial charge is 0.497 e. The fourth-order valence-corrected chi connectivity index (χ4v) is 2.36. The van der Waals surface area contributed by atoms with Crippen LogP contribution in [0.15, 0.2) is 56.3 Å². The average molecular weight is 313 g/mol. The van der Waals surface area contributed by atoms with Gasteiger partial charge in [-0.05, 0) is 24.3 Å². The quantitative estimate of drug-likeness (QED) is 0.692. The number of nitrogens with zero attached hydrogens (tertiary/aromatic N) is 1. The second kappa shape index (κ2) is 6.00. The molecule has 0 spiro atoms. The van der Waals surface area contributed by atoms with Gasteiger partial charge in [-0.3, -0.25) is 4.79 Å². The van der Waals surface area contributed by atoms with E-state index in [1.807, 2.05) is 0 Å². The summed E-state index contributed by atoms with van der Waals surface area (Å²) in [5, 5.41) is 0.557. The number of hydrogen-bond acceptors (Lipinski definition) is 5.